The minimum atomic E-state index is 0.338. The van der Waals surface area contributed by atoms with Gasteiger partial charge in [-0.1, -0.05) is 35.5 Å². The number of rotatable bonds is 4. The zero-order chi connectivity index (χ0) is 12.8. The molecule has 18 heavy (non-hydrogen) atoms. The van der Waals surface area contributed by atoms with Gasteiger partial charge in [-0.2, -0.15) is 10.4 Å². The van der Waals surface area contributed by atoms with Gasteiger partial charge in [0.25, 0.3) is 0 Å². The van der Waals surface area contributed by atoms with Gasteiger partial charge in [0.05, 0.1) is 11.8 Å². The van der Waals surface area contributed by atoms with E-state index in [1.54, 1.807) is 17.9 Å². The molecule has 0 fully saturated rings. The molecule has 0 radical (unpaired) electrons. The van der Waals surface area contributed by atoms with Gasteiger partial charge in [-0.05, 0) is 5.56 Å². The van der Waals surface area contributed by atoms with Crippen molar-refractivity contribution < 1.29 is 4.84 Å². The topological polar surface area (TPSA) is 63.2 Å². The Labute approximate surface area is 105 Å². The minimum Gasteiger partial charge on any atom is -0.391 e. The molecule has 0 aliphatic rings. The van der Waals surface area contributed by atoms with E-state index in [0.29, 0.717) is 17.9 Å². The first kappa shape index (κ1) is 11.9. The van der Waals surface area contributed by atoms with Crippen molar-refractivity contribution >= 4 is 6.21 Å². The van der Waals surface area contributed by atoms with E-state index in [9.17, 15) is 0 Å². The SMILES string of the molecule is Cn1cc(C=NOCc2ccccc2)c(C#N)n1. The van der Waals surface area contributed by atoms with Gasteiger partial charge in [-0.15, -0.1) is 0 Å². The fraction of sp³-hybridized carbons (Fsp3) is 0.154. The number of benzene rings is 1. The van der Waals surface area contributed by atoms with Gasteiger partial charge in [0.15, 0.2) is 5.69 Å². The molecule has 0 unspecified atom stereocenters. The zero-order valence-corrected chi connectivity index (χ0v) is 9.95. The Bertz CT molecular complexity index is 581. The van der Waals surface area contributed by atoms with Crippen molar-refractivity contribution in [3.8, 4) is 6.07 Å². The summed E-state index contributed by atoms with van der Waals surface area (Å²) in [5.41, 5.74) is 2.03. The highest BCUT2D eigenvalue weighted by Gasteiger charge is 2.03. The highest BCUT2D eigenvalue weighted by Crippen LogP contribution is 2.03. The van der Waals surface area contributed by atoms with Crippen molar-refractivity contribution in [2.24, 2.45) is 12.2 Å². The second-order valence-electron chi connectivity index (χ2n) is 3.71. The molecule has 2 aromatic rings. The molecule has 0 saturated carbocycles. The largest absolute Gasteiger partial charge is 0.391 e. The van der Waals surface area contributed by atoms with Crippen LogP contribution in [-0.2, 0) is 18.5 Å². The normalized spacial score (nSPS) is 10.4. The molecule has 0 saturated heterocycles. The molecule has 1 heterocycles. The summed E-state index contributed by atoms with van der Waals surface area (Å²) >= 11 is 0. The predicted octanol–water partition coefficient (Wildman–Crippen LogP) is 1.84. The van der Waals surface area contributed by atoms with Crippen LogP contribution >= 0.6 is 0 Å². The Balaban J connectivity index is 1.94. The van der Waals surface area contributed by atoms with Crippen LogP contribution in [0.5, 0.6) is 0 Å². The van der Waals surface area contributed by atoms with Crippen LogP contribution in [0, 0.1) is 11.3 Å². The number of oxime groups is 1. The number of aromatic nitrogens is 2. The summed E-state index contributed by atoms with van der Waals surface area (Å²) in [5, 5.41) is 16.6. The lowest BCUT2D eigenvalue weighted by molar-refractivity contribution is 0.132. The Morgan fingerprint density at radius 1 is 1.44 bits per heavy atom. The molecule has 0 aliphatic carbocycles. The average molecular weight is 240 g/mol. The number of nitrogens with zero attached hydrogens (tertiary/aromatic N) is 4. The summed E-state index contributed by atoms with van der Waals surface area (Å²) in [5.74, 6) is 0. The monoisotopic (exact) mass is 240 g/mol. The van der Waals surface area contributed by atoms with Gasteiger partial charge >= 0.3 is 0 Å². The maximum Gasteiger partial charge on any atom is 0.171 e. The highest BCUT2D eigenvalue weighted by atomic mass is 16.6. The van der Waals surface area contributed by atoms with Gasteiger partial charge < -0.3 is 4.84 Å². The van der Waals surface area contributed by atoms with Crippen LogP contribution in [0.3, 0.4) is 0 Å². The van der Waals surface area contributed by atoms with Gasteiger partial charge in [-0.25, -0.2) is 0 Å². The van der Waals surface area contributed by atoms with E-state index in [2.05, 4.69) is 10.3 Å². The smallest absolute Gasteiger partial charge is 0.171 e. The molecule has 5 heteroatoms. The maximum absolute atomic E-state index is 8.84. The molecule has 5 nitrogen and oxygen atoms in total. The molecular formula is C13H12N4O. The number of hydrogen-bond acceptors (Lipinski definition) is 4. The molecule has 0 bridgehead atoms. The van der Waals surface area contributed by atoms with E-state index >= 15 is 0 Å². The average Bonchev–Trinajstić information content (AvgIpc) is 2.76. The van der Waals surface area contributed by atoms with Crippen molar-refractivity contribution in [3.05, 3.63) is 53.3 Å². The molecular weight excluding hydrogens is 228 g/mol. The van der Waals surface area contributed by atoms with Crippen molar-refractivity contribution in [1.82, 2.24) is 9.78 Å². The molecule has 0 amide bonds. The fourth-order valence-electron chi connectivity index (χ4n) is 1.47. The summed E-state index contributed by atoms with van der Waals surface area (Å²) in [6.45, 7) is 0.402. The van der Waals surface area contributed by atoms with Crippen LogP contribution in [0.1, 0.15) is 16.8 Å². The van der Waals surface area contributed by atoms with Crippen molar-refractivity contribution in [1.29, 1.82) is 5.26 Å². The Morgan fingerprint density at radius 3 is 2.94 bits per heavy atom. The van der Waals surface area contributed by atoms with Crippen molar-refractivity contribution in [2.45, 2.75) is 6.61 Å². The zero-order valence-electron chi connectivity index (χ0n) is 9.95. The fourth-order valence-corrected chi connectivity index (χ4v) is 1.47. The van der Waals surface area contributed by atoms with Crippen molar-refractivity contribution in [3.63, 3.8) is 0 Å². The van der Waals surface area contributed by atoms with E-state index in [4.69, 9.17) is 10.1 Å². The second kappa shape index (κ2) is 5.64. The molecule has 2 rings (SSSR count). The van der Waals surface area contributed by atoms with E-state index in [1.165, 1.54) is 6.21 Å². The maximum atomic E-state index is 8.84. The molecule has 1 aromatic carbocycles. The first-order chi connectivity index (χ1) is 8.79. The lowest BCUT2D eigenvalue weighted by atomic mass is 10.2. The summed E-state index contributed by atoms with van der Waals surface area (Å²) in [6, 6.07) is 11.7. The summed E-state index contributed by atoms with van der Waals surface area (Å²) in [4.78, 5) is 5.16. The van der Waals surface area contributed by atoms with Gasteiger partial charge in [0.2, 0.25) is 0 Å². The summed E-state index contributed by atoms with van der Waals surface area (Å²) < 4.78 is 1.57. The Morgan fingerprint density at radius 2 is 2.22 bits per heavy atom. The third-order valence-electron chi connectivity index (χ3n) is 2.30. The number of aryl methyl sites for hydroxylation is 1. The van der Waals surface area contributed by atoms with E-state index in [-0.39, 0.29) is 0 Å². The third kappa shape index (κ3) is 2.95. The van der Waals surface area contributed by atoms with Crippen LogP contribution in [0.25, 0.3) is 0 Å². The lowest BCUT2D eigenvalue weighted by Gasteiger charge is -1.97. The van der Waals surface area contributed by atoms with Gasteiger partial charge in [0.1, 0.15) is 12.7 Å². The summed E-state index contributed by atoms with van der Waals surface area (Å²) in [7, 11) is 1.75. The van der Waals surface area contributed by atoms with Crippen LogP contribution < -0.4 is 0 Å². The Kier molecular flexibility index (Phi) is 3.72. The summed E-state index contributed by atoms with van der Waals surface area (Å²) in [6.07, 6.45) is 3.21. The minimum absolute atomic E-state index is 0.338. The lowest BCUT2D eigenvalue weighted by Crippen LogP contribution is -1.88. The van der Waals surface area contributed by atoms with Crippen molar-refractivity contribution in [2.75, 3.05) is 0 Å². The molecule has 0 N–H and O–H groups in total. The van der Waals surface area contributed by atoms with E-state index in [0.717, 1.165) is 5.56 Å². The number of hydrogen-bond donors (Lipinski definition) is 0. The van der Waals surface area contributed by atoms with E-state index < -0.39 is 0 Å². The highest BCUT2D eigenvalue weighted by molar-refractivity contribution is 5.81. The molecule has 0 atom stereocenters. The molecule has 1 aromatic heterocycles. The first-order valence-corrected chi connectivity index (χ1v) is 5.42. The predicted molar refractivity (Wildman–Crippen MR) is 66.7 cm³/mol. The van der Waals surface area contributed by atoms with Gasteiger partial charge in [0, 0.05) is 13.2 Å². The second-order valence-corrected chi connectivity index (χ2v) is 3.71. The van der Waals surface area contributed by atoms with Crippen LogP contribution in [-0.4, -0.2) is 16.0 Å². The molecule has 0 spiro atoms. The Hall–Kier alpha value is -2.61. The first-order valence-electron chi connectivity index (χ1n) is 5.42. The van der Waals surface area contributed by atoms with E-state index in [1.807, 2.05) is 36.4 Å². The van der Waals surface area contributed by atoms with Gasteiger partial charge in [-0.3, -0.25) is 4.68 Å². The molecule has 90 valence electrons. The molecule has 0 aliphatic heterocycles. The third-order valence-corrected chi connectivity index (χ3v) is 2.30. The van der Waals surface area contributed by atoms with Crippen LogP contribution in [0.4, 0.5) is 0 Å². The van der Waals surface area contributed by atoms with Crippen LogP contribution in [0.2, 0.25) is 0 Å². The quantitative estimate of drug-likeness (QED) is 0.605. The number of nitriles is 1. The standard InChI is InChI=1S/C13H12N4O/c1-17-9-12(13(7-14)16-17)8-15-18-10-11-5-3-2-4-6-11/h2-6,8-9H,10H2,1H3. The van der Waals surface area contributed by atoms with Crippen LogP contribution in [0.15, 0.2) is 41.7 Å².